The fourth-order valence-corrected chi connectivity index (χ4v) is 2.76. The zero-order valence-corrected chi connectivity index (χ0v) is 17.9. The quantitative estimate of drug-likeness (QED) is 0.0843. The number of carbonyl (C=O) groups excluding carboxylic acids is 4. The Hall–Kier alpha value is -2.28. The molecule has 30 heavy (non-hydrogen) atoms. The first-order valence-electron chi connectivity index (χ1n) is 10.2. The van der Waals surface area contributed by atoms with Crippen LogP contribution in [0.4, 0.5) is 0 Å². The van der Waals surface area contributed by atoms with Crippen LogP contribution in [0.2, 0.25) is 0 Å². The molecule has 0 rings (SSSR count). The van der Waals surface area contributed by atoms with Gasteiger partial charge in [-0.1, -0.05) is 0 Å². The molecule has 0 aromatic carbocycles. The summed E-state index contributed by atoms with van der Waals surface area (Å²) >= 11 is 0. The molecular formula is C18H38N8O4. The third-order valence-electron chi connectivity index (χ3n) is 4.45. The molecule has 0 spiro atoms. The molecule has 0 radical (unpaired) electrons. The van der Waals surface area contributed by atoms with E-state index in [9.17, 15) is 19.2 Å². The Morgan fingerprint density at radius 1 is 0.633 bits per heavy atom. The first-order chi connectivity index (χ1) is 14.4. The van der Waals surface area contributed by atoms with Crippen LogP contribution in [0.25, 0.3) is 0 Å². The molecule has 174 valence electrons. The molecule has 0 saturated heterocycles. The van der Waals surface area contributed by atoms with Crippen LogP contribution in [0.1, 0.15) is 25.7 Å². The number of carbonyl (C=O) groups is 4. The van der Waals surface area contributed by atoms with Crippen molar-refractivity contribution in [3.63, 3.8) is 0 Å². The lowest BCUT2D eigenvalue weighted by Crippen LogP contribution is -2.53. The van der Waals surface area contributed by atoms with E-state index in [-0.39, 0.29) is 63.7 Å². The minimum atomic E-state index is -1.59. The molecule has 0 aromatic rings. The van der Waals surface area contributed by atoms with Crippen LogP contribution in [0.15, 0.2) is 0 Å². The van der Waals surface area contributed by atoms with Gasteiger partial charge in [-0.15, -0.1) is 0 Å². The van der Waals surface area contributed by atoms with E-state index in [4.69, 9.17) is 17.2 Å². The topological polar surface area (TPSA) is 206 Å². The maximum atomic E-state index is 13.1. The van der Waals surface area contributed by atoms with Gasteiger partial charge in [0.1, 0.15) is 5.41 Å². The Bertz CT molecular complexity index is 520. The zero-order valence-electron chi connectivity index (χ0n) is 17.9. The van der Waals surface area contributed by atoms with E-state index in [0.717, 1.165) is 0 Å². The lowest BCUT2D eigenvalue weighted by molar-refractivity contribution is -0.145. The number of amides is 4. The van der Waals surface area contributed by atoms with Crippen LogP contribution in [0.5, 0.6) is 0 Å². The Morgan fingerprint density at radius 2 is 1.03 bits per heavy atom. The molecule has 0 fully saturated rings. The molecule has 0 bridgehead atoms. The van der Waals surface area contributed by atoms with Crippen LogP contribution in [-0.4, -0.2) is 83.0 Å². The van der Waals surface area contributed by atoms with Gasteiger partial charge in [0.15, 0.2) is 0 Å². The number of nitrogens with one attached hydrogen (secondary N) is 5. The van der Waals surface area contributed by atoms with Gasteiger partial charge in [0.2, 0.25) is 23.6 Å². The van der Waals surface area contributed by atoms with Gasteiger partial charge in [-0.25, -0.2) is 0 Å². The van der Waals surface area contributed by atoms with E-state index in [0.29, 0.717) is 26.2 Å². The molecule has 0 saturated carbocycles. The molecule has 0 aliphatic rings. The minimum Gasteiger partial charge on any atom is -0.355 e. The van der Waals surface area contributed by atoms with Crippen molar-refractivity contribution in [3.05, 3.63) is 0 Å². The van der Waals surface area contributed by atoms with Crippen molar-refractivity contribution in [2.75, 3.05) is 59.4 Å². The highest BCUT2D eigenvalue weighted by Gasteiger charge is 2.45. The lowest BCUT2D eigenvalue weighted by atomic mass is 9.76. The number of hydrogen-bond donors (Lipinski definition) is 8. The van der Waals surface area contributed by atoms with E-state index < -0.39 is 17.2 Å². The summed E-state index contributed by atoms with van der Waals surface area (Å²) in [7, 11) is 1.73. The second-order valence-corrected chi connectivity index (χ2v) is 6.76. The maximum Gasteiger partial charge on any atom is 0.235 e. The summed E-state index contributed by atoms with van der Waals surface area (Å²) < 4.78 is 0. The normalized spacial score (nSPS) is 10.9. The van der Waals surface area contributed by atoms with Crippen LogP contribution in [0.3, 0.4) is 0 Å². The van der Waals surface area contributed by atoms with Crippen molar-refractivity contribution >= 4 is 23.6 Å². The Kier molecular flexibility index (Phi) is 15.3. The standard InChI is InChI=1S/C18H38N8O4/c1-22-12-13-26-17(30)18(16(29)25-11-8-21,4-2-14(27)23-9-6-19)5-3-15(28)24-10-7-20/h22H,2-13,19-21H2,1H3,(H,23,27)(H,24,28)(H,25,29)(H,26,30). The van der Waals surface area contributed by atoms with E-state index in [1.54, 1.807) is 7.05 Å². The second-order valence-electron chi connectivity index (χ2n) is 6.76. The Balaban J connectivity index is 5.56. The van der Waals surface area contributed by atoms with Gasteiger partial charge < -0.3 is 43.8 Å². The number of hydrogen-bond acceptors (Lipinski definition) is 8. The molecule has 11 N–H and O–H groups in total. The van der Waals surface area contributed by atoms with Crippen LogP contribution < -0.4 is 43.8 Å². The van der Waals surface area contributed by atoms with Crippen LogP contribution >= 0.6 is 0 Å². The summed E-state index contributed by atoms with van der Waals surface area (Å²) in [5.41, 5.74) is 14.6. The monoisotopic (exact) mass is 430 g/mol. The van der Waals surface area contributed by atoms with E-state index in [1.807, 2.05) is 0 Å². The highest BCUT2D eigenvalue weighted by Crippen LogP contribution is 2.31. The molecule has 4 amide bonds. The van der Waals surface area contributed by atoms with Gasteiger partial charge in [-0.05, 0) is 19.9 Å². The SMILES string of the molecule is CNCCNC(=O)C(CCC(=O)NCCN)(CCC(=O)NCCN)C(=O)NCCN. The molecule has 0 heterocycles. The molecule has 12 nitrogen and oxygen atoms in total. The average Bonchev–Trinajstić information content (AvgIpc) is 2.74. The predicted molar refractivity (Wildman–Crippen MR) is 114 cm³/mol. The first kappa shape index (κ1) is 27.7. The largest absolute Gasteiger partial charge is 0.355 e. The maximum absolute atomic E-state index is 13.1. The summed E-state index contributed by atoms with van der Waals surface area (Å²) in [4.78, 5) is 50.3. The summed E-state index contributed by atoms with van der Waals surface area (Å²) in [6.45, 7) is 2.29. The van der Waals surface area contributed by atoms with E-state index in [2.05, 4.69) is 26.6 Å². The molecular weight excluding hydrogens is 392 g/mol. The highest BCUT2D eigenvalue weighted by atomic mass is 16.2. The van der Waals surface area contributed by atoms with Gasteiger partial charge in [0.25, 0.3) is 0 Å². The summed E-state index contributed by atoms with van der Waals surface area (Å²) in [6.07, 6.45) is -0.259. The first-order valence-corrected chi connectivity index (χ1v) is 10.2. The van der Waals surface area contributed by atoms with Crippen molar-refractivity contribution in [3.8, 4) is 0 Å². The number of likely N-dealkylation sites (N-methyl/N-ethyl adjacent to an activating group) is 1. The van der Waals surface area contributed by atoms with E-state index >= 15 is 0 Å². The Labute approximate surface area is 177 Å². The smallest absolute Gasteiger partial charge is 0.235 e. The average molecular weight is 431 g/mol. The second kappa shape index (κ2) is 16.5. The van der Waals surface area contributed by atoms with Crippen LogP contribution in [-0.2, 0) is 19.2 Å². The third kappa shape index (κ3) is 10.5. The van der Waals surface area contributed by atoms with Gasteiger partial charge >= 0.3 is 0 Å². The number of rotatable bonds is 17. The minimum absolute atomic E-state index is 0.0602. The van der Waals surface area contributed by atoms with Gasteiger partial charge in [-0.2, -0.15) is 0 Å². The van der Waals surface area contributed by atoms with Gasteiger partial charge in [0, 0.05) is 65.2 Å². The van der Waals surface area contributed by atoms with Gasteiger partial charge in [-0.3, -0.25) is 19.2 Å². The van der Waals surface area contributed by atoms with Crippen molar-refractivity contribution in [1.82, 2.24) is 26.6 Å². The predicted octanol–water partition coefficient (Wildman–Crippen LogP) is -3.91. The van der Waals surface area contributed by atoms with Gasteiger partial charge in [0.05, 0.1) is 0 Å². The molecule has 12 heteroatoms. The van der Waals surface area contributed by atoms with Crippen molar-refractivity contribution in [2.45, 2.75) is 25.7 Å². The highest BCUT2D eigenvalue weighted by molar-refractivity contribution is 6.05. The molecule has 0 aliphatic heterocycles. The van der Waals surface area contributed by atoms with E-state index in [1.165, 1.54) is 0 Å². The molecule has 0 aromatic heterocycles. The summed E-state index contributed by atoms with van der Waals surface area (Å²) in [5.74, 6) is -1.75. The molecule has 0 atom stereocenters. The zero-order chi connectivity index (χ0) is 22.8. The van der Waals surface area contributed by atoms with Crippen molar-refractivity contribution in [2.24, 2.45) is 22.6 Å². The lowest BCUT2D eigenvalue weighted by Gasteiger charge is -2.31. The third-order valence-corrected chi connectivity index (χ3v) is 4.45. The fourth-order valence-electron chi connectivity index (χ4n) is 2.76. The summed E-state index contributed by atoms with van der Waals surface area (Å²) in [5, 5.41) is 13.5. The fraction of sp³-hybridized carbons (Fsp3) is 0.778. The van der Waals surface area contributed by atoms with Crippen molar-refractivity contribution in [1.29, 1.82) is 0 Å². The molecule has 0 unspecified atom stereocenters. The van der Waals surface area contributed by atoms with Crippen LogP contribution in [0, 0.1) is 5.41 Å². The Morgan fingerprint density at radius 3 is 1.43 bits per heavy atom. The number of nitrogens with two attached hydrogens (primary N) is 3. The summed E-state index contributed by atoms with van der Waals surface area (Å²) in [6, 6.07) is 0. The van der Waals surface area contributed by atoms with Crippen molar-refractivity contribution < 1.29 is 19.2 Å². The molecule has 0 aliphatic carbocycles.